The highest BCUT2D eigenvalue weighted by molar-refractivity contribution is 6.33. The number of fused-ring (bicyclic) bond motifs is 1. The zero-order valence-corrected chi connectivity index (χ0v) is 20.7. The molecule has 0 bridgehead atoms. The molecule has 0 aromatic heterocycles. The van der Waals surface area contributed by atoms with Crippen molar-refractivity contribution in [2.75, 3.05) is 13.2 Å². The highest BCUT2D eigenvalue weighted by Crippen LogP contribution is 2.35. The van der Waals surface area contributed by atoms with Gasteiger partial charge in [0, 0.05) is 5.39 Å². The van der Waals surface area contributed by atoms with Gasteiger partial charge in [-0.25, -0.2) is 0 Å². The van der Waals surface area contributed by atoms with Gasteiger partial charge in [-0.1, -0.05) is 109 Å². The molecule has 174 valence electrons. The smallest absolute Gasteiger partial charge is 0.145 e. The number of unbranched alkanes of at least 4 members (excludes halogenated alkanes) is 12. The summed E-state index contributed by atoms with van der Waals surface area (Å²) >= 11 is 6.45. The van der Waals surface area contributed by atoms with Crippen LogP contribution in [-0.2, 0) is 0 Å². The topological polar surface area (TPSA) is 18.5 Å². The van der Waals surface area contributed by atoms with Gasteiger partial charge in [0.05, 0.1) is 18.2 Å². The molecule has 0 aliphatic heterocycles. The molecule has 2 aromatic carbocycles. The predicted octanol–water partition coefficient (Wildman–Crippen LogP) is 9.75. The molecule has 0 aliphatic rings. The lowest BCUT2D eigenvalue weighted by molar-refractivity contribution is 0.304. The van der Waals surface area contributed by atoms with Crippen LogP contribution in [0.2, 0.25) is 5.02 Å². The van der Waals surface area contributed by atoms with E-state index in [1.807, 2.05) is 12.1 Å². The Morgan fingerprint density at radius 3 is 1.77 bits per heavy atom. The Labute approximate surface area is 195 Å². The number of halogens is 1. The average molecular weight is 447 g/mol. The molecule has 0 fully saturated rings. The van der Waals surface area contributed by atoms with Crippen LogP contribution >= 0.6 is 11.6 Å². The summed E-state index contributed by atoms with van der Waals surface area (Å²) in [6.45, 7) is 6.03. The molecular weight excluding hydrogens is 404 g/mol. The number of benzene rings is 2. The SMILES string of the molecule is CCCCCCCCCOc1ccc2c(OCCCCCCCCC)c(Cl)ccc2c1. The molecule has 0 N–H and O–H groups in total. The van der Waals surface area contributed by atoms with E-state index < -0.39 is 0 Å². The maximum atomic E-state index is 6.45. The van der Waals surface area contributed by atoms with Crippen molar-refractivity contribution >= 4 is 22.4 Å². The molecular formula is C28H43ClO2. The summed E-state index contributed by atoms with van der Waals surface area (Å²) < 4.78 is 12.1. The predicted molar refractivity (Wildman–Crippen MR) is 136 cm³/mol. The fourth-order valence-corrected chi connectivity index (χ4v) is 4.19. The molecule has 0 heterocycles. The van der Waals surface area contributed by atoms with E-state index in [0.717, 1.165) is 48.3 Å². The summed E-state index contributed by atoms with van der Waals surface area (Å²) in [4.78, 5) is 0. The zero-order valence-electron chi connectivity index (χ0n) is 19.9. The minimum atomic E-state index is 0.687. The van der Waals surface area contributed by atoms with Gasteiger partial charge in [-0.2, -0.15) is 0 Å². The number of rotatable bonds is 18. The molecule has 0 radical (unpaired) electrons. The molecule has 0 saturated heterocycles. The summed E-state index contributed by atoms with van der Waals surface area (Å²) in [5.74, 6) is 1.74. The Morgan fingerprint density at radius 2 is 1.16 bits per heavy atom. The van der Waals surface area contributed by atoms with Crippen molar-refractivity contribution in [1.29, 1.82) is 0 Å². The van der Waals surface area contributed by atoms with Gasteiger partial charge in [0.2, 0.25) is 0 Å². The third-order valence-corrected chi connectivity index (χ3v) is 6.20. The van der Waals surface area contributed by atoms with Crippen molar-refractivity contribution in [3.05, 3.63) is 35.4 Å². The molecule has 3 heteroatoms. The highest BCUT2D eigenvalue weighted by atomic mass is 35.5. The Bertz CT molecular complexity index is 728. The molecule has 0 aliphatic carbocycles. The molecule has 0 spiro atoms. The van der Waals surface area contributed by atoms with Crippen LogP contribution in [0.4, 0.5) is 0 Å². The van der Waals surface area contributed by atoms with E-state index in [0.29, 0.717) is 5.02 Å². The number of hydrogen-bond donors (Lipinski definition) is 0. The van der Waals surface area contributed by atoms with Gasteiger partial charge in [0.25, 0.3) is 0 Å². The van der Waals surface area contributed by atoms with Crippen molar-refractivity contribution in [1.82, 2.24) is 0 Å². The van der Waals surface area contributed by atoms with E-state index in [4.69, 9.17) is 21.1 Å². The Morgan fingerprint density at radius 1 is 0.613 bits per heavy atom. The fraction of sp³-hybridized carbons (Fsp3) is 0.643. The minimum Gasteiger partial charge on any atom is -0.494 e. The molecule has 0 unspecified atom stereocenters. The molecule has 31 heavy (non-hydrogen) atoms. The summed E-state index contributed by atoms with van der Waals surface area (Å²) in [5.41, 5.74) is 0. The van der Waals surface area contributed by atoms with E-state index in [-0.39, 0.29) is 0 Å². The third kappa shape index (κ3) is 10.2. The summed E-state index contributed by atoms with van der Waals surface area (Å²) in [6, 6.07) is 10.2. The maximum Gasteiger partial charge on any atom is 0.145 e. The van der Waals surface area contributed by atoms with Crippen LogP contribution in [0.1, 0.15) is 104 Å². The first kappa shape index (κ1) is 25.8. The van der Waals surface area contributed by atoms with Gasteiger partial charge in [0.15, 0.2) is 0 Å². The van der Waals surface area contributed by atoms with Gasteiger partial charge in [0.1, 0.15) is 11.5 Å². The van der Waals surface area contributed by atoms with Crippen molar-refractivity contribution in [2.24, 2.45) is 0 Å². The largest absolute Gasteiger partial charge is 0.494 e. The van der Waals surface area contributed by atoms with Gasteiger partial charge >= 0.3 is 0 Å². The van der Waals surface area contributed by atoms with Crippen LogP contribution in [0.3, 0.4) is 0 Å². The normalized spacial score (nSPS) is 11.2. The van der Waals surface area contributed by atoms with Crippen LogP contribution in [0.5, 0.6) is 11.5 Å². The van der Waals surface area contributed by atoms with Crippen LogP contribution in [0, 0.1) is 0 Å². The van der Waals surface area contributed by atoms with Crippen LogP contribution in [-0.4, -0.2) is 13.2 Å². The average Bonchev–Trinajstić information content (AvgIpc) is 2.78. The summed E-state index contributed by atoms with van der Waals surface area (Å²) in [5, 5.41) is 2.88. The summed E-state index contributed by atoms with van der Waals surface area (Å²) in [6.07, 6.45) is 18.0. The lowest BCUT2D eigenvalue weighted by atomic mass is 10.1. The van der Waals surface area contributed by atoms with Gasteiger partial charge in [-0.05, 0) is 42.5 Å². The van der Waals surface area contributed by atoms with Crippen molar-refractivity contribution in [3.63, 3.8) is 0 Å². The first-order valence-electron chi connectivity index (χ1n) is 12.7. The van der Waals surface area contributed by atoms with Crippen molar-refractivity contribution in [3.8, 4) is 11.5 Å². The van der Waals surface area contributed by atoms with Gasteiger partial charge < -0.3 is 9.47 Å². The minimum absolute atomic E-state index is 0.687. The van der Waals surface area contributed by atoms with Crippen LogP contribution in [0.25, 0.3) is 10.8 Å². The van der Waals surface area contributed by atoms with Gasteiger partial charge in [-0.15, -0.1) is 0 Å². The van der Waals surface area contributed by atoms with Crippen LogP contribution in [0.15, 0.2) is 30.3 Å². The number of hydrogen-bond acceptors (Lipinski definition) is 2. The van der Waals surface area contributed by atoms with E-state index in [9.17, 15) is 0 Å². The Kier molecular flexibility index (Phi) is 13.6. The second-order valence-corrected chi connectivity index (χ2v) is 9.11. The standard InChI is InChI=1S/C28H43ClO2/c1-3-5-7-9-11-13-15-21-30-25-18-19-26-24(23-25)17-20-27(29)28(26)31-22-16-14-12-10-8-6-4-2/h17-20,23H,3-16,21-22H2,1-2H3. The third-order valence-electron chi connectivity index (χ3n) is 5.90. The first-order chi connectivity index (χ1) is 15.3. The molecule has 2 rings (SSSR count). The van der Waals surface area contributed by atoms with Crippen LogP contribution < -0.4 is 9.47 Å². The maximum absolute atomic E-state index is 6.45. The molecule has 0 saturated carbocycles. The monoisotopic (exact) mass is 446 g/mol. The number of ether oxygens (including phenoxy) is 2. The van der Waals surface area contributed by atoms with E-state index in [1.165, 1.54) is 77.0 Å². The lowest BCUT2D eigenvalue weighted by Crippen LogP contribution is -2.00. The Balaban J connectivity index is 1.76. The molecule has 0 amide bonds. The van der Waals surface area contributed by atoms with Gasteiger partial charge in [-0.3, -0.25) is 0 Å². The van der Waals surface area contributed by atoms with Crippen molar-refractivity contribution in [2.45, 2.75) is 104 Å². The quantitative estimate of drug-likeness (QED) is 0.212. The molecule has 2 aromatic rings. The highest BCUT2D eigenvalue weighted by Gasteiger charge is 2.09. The van der Waals surface area contributed by atoms with Crippen molar-refractivity contribution < 1.29 is 9.47 Å². The summed E-state index contributed by atoms with van der Waals surface area (Å²) in [7, 11) is 0. The zero-order chi connectivity index (χ0) is 22.2. The lowest BCUT2D eigenvalue weighted by Gasteiger charge is -2.13. The first-order valence-corrected chi connectivity index (χ1v) is 13.1. The van der Waals surface area contributed by atoms with E-state index >= 15 is 0 Å². The van der Waals surface area contributed by atoms with E-state index in [2.05, 4.69) is 32.0 Å². The second kappa shape index (κ2) is 16.3. The fourth-order valence-electron chi connectivity index (χ4n) is 3.97. The molecule has 2 nitrogen and oxygen atoms in total. The Hall–Kier alpha value is -1.41. The molecule has 0 atom stereocenters. The van der Waals surface area contributed by atoms with E-state index in [1.54, 1.807) is 0 Å². The second-order valence-electron chi connectivity index (χ2n) is 8.70.